The number of benzene rings is 2. The maximum absolute atomic E-state index is 12.9. The summed E-state index contributed by atoms with van der Waals surface area (Å²) < 4.78 is 11.4. The largest absolute Gasteiger partial charge is 0.475 e. The van der Waals surface area contributed by atoms with Crippen LogP contribution >= 0.6 is 0 Å². The number of nitrogens with one attached hydrogen (secondary N) is 1. The highest BCUT2D eigenvalue weighted by atomic mass is 16.5. The van der Waals surface area contributed by atoms with Gasteiger partial charge in [0, 0.05) is 34.7 Å². The fraction of sp³-hybridized carbons (Fsp3) is 0.107. The van der Waals surface area contributed by atoms with E-state index in [0.29, 0.717) is 34.3 Å². The number of hydrogen-bond acceptors (Lipinski definition) is 6. The van der Waals surface area contributed by atoms with Gasteiger partial charge in [-0.25, -0.2) is 4.98 Å². The predicted octanol–water partition coefficient (Wildman–Crippen LogP) is 5.96. The first-order valence-corrected chi connectivity index (χ1v) is 11.1. The highest BCUT2D eigenvalue weighted by Crippen LogP contribution is 2.31. The van der Waals surface area contributed by atoms with Crippen molar-refractivity contribution in [2.24, 2.45) is 0 Å². The van der Waals surface area contributed by atoms with Crippen molar-refractivity contribution < 1.29 is 14.3 Å². The lowest BCUT2D eigenvalue weighted by atomic mass is 9.98. The Morgan fingerprint density at radius 3 is 2.46 bits per heavy atom. The van der Waals surface area contributed by atoms with Crippen molar-refractivity contribution in [2.75, 3.05) is 11.1 Å². The van der Waals surface area contributed by atoms with Crippen molar-refractivity contribution in [3.8, 4) is 28.5 Å². The van der Waals surface area contributed by atoms with Crippen LogP contribution in [0.3, 0.4) is 0 Å². The van der Waals surface area contributed by atoms with Crippen LogP contribution < -0.4 is 20.5 Å². The van der Waals surface area contributed by atoms with Gasteiger partial charge in [-0.05, 0) is 55.8 Å². The van der Waals surface area contributed by atoms with E-state index < -0.39 is 0 Å². The molecule has 0 spiro atoms. The van der Waals surface area contributed by atoms with Crippen LogP contribution in [0.25, 0.3) is 16.7 Å². The smallest absolute Gasteiger partial charge is 0.255 e. The summed E-state index contributed by atoms with van der Waals surface area (Å²) >= 11 is 0. The number of pyridine rings is 2. The number of amides is 1. The van der Waals surface area contributed by atoms with Crippen molar-refractivity contribution in [1.82, 2.24) is 9.97 Å². The Balaban J connectivity index is 1.51. The second-order valence-corrected chi connectivity index (χ2v) is 8.11. The molecule has 0 atom stereocenters. The monoisotopic (exact) mass is 466 g/mol. The van der Waals surface area contributed by atoms with Gasteiger partial charge in [0.05, 0.1) is 24.2 Å². The van der Waals surface area contributed by atoms with Gasteiger partial charge in [-0.3, -0.25) is 9.78 Å². The maximum Gasteiger partial charge on any atom is 0.255 e. The van der Waals surface area contributed by atoms with Crippen molar-refractivity contribution in [3.63, 3.8) is 0 Å². The van der Waals surface area contributed by atoms with Gasteiger partial charge < -0.3 is 20.5 Å². The number of carbonyl (C=O) groups excluding carboxylic acids is 1. The van der Waals surface area contributed by atoms with Crippen LogP contribution in [0.2, 0.25) is 0 Å². The molecule has 35 heavy (non-hydrogen) atoms. The molecule has 0 saturated heterocycles. The zero-order chi connectivity index (χ0) is 24.8. The zero-order valence-electron chi connectivity index (χ0n) is 19.6. The predicted molar refractivity (Wildman–Crippen MR) is 138 cm³/mol. The summed E-state index contributed by atoms with van der Waals surface area (Å²) in [6.45, 7) is 7.81. The third-order valence-corrected chi connectivity index (χ3v) is 5.03. The van der Waals surface area contributed by atoms with Crippen LogP contribution in [0.5, 0.6) is 17.4 Å². The number of anilines is 2. The summed E-state index contributed by atoms with van der Waals surface area (Å²) in [7, 11) is 0. The molecule has 7 heteroatoms. The third-order valence-electron chi connectivity index (χ3n) is 5.03. The lowest BCUT2D eigenvalue weighted by Crippen LogP contribution is -2.14. The van der Waals surface area contributed by atoms with Gasteiger partial charge in [-0.15, -0.1) is 0 Å². The van der Waals surface area contributed by atoms with Gasteiger partial charge in [0.1, 0.15) is 11.5 Å². The number of nitrogens with zero attached hydrogens (tertiary/aromatic N) is 2. The van der Waals surface area contributed by atoms with Gasteiger partial charge in [0.2, 0.25) is 5.88 Å². The normalized spacial score (nSPS) is 10.6. The molecule has 1 amide bonds. The van der Waals surface area contributed by atoms with Crippen molar-refractivity contribution in [2.45, 2.75) is 20.0 Å². The molecule has 7 nitrogen and oxygen atoms in total. The second-order valence-electron chi connectivity index (χ2n) is 8.11. The first kappa shape index (κ1) is 23.5. The van der Waals surface area contributed by atoms with Crippen LogP contribution in [0.4, 0.5) is 11.4 Å². The van der Waals surface area contributed by atoms with Crippen molar-refractivity contribution in [1.29, 1.82) is 0 Å². The summed E-state index contributed by atoms with van der Waals surface area (Å²) in [5.74, 6) is 1.42. The number of para-hydroxylation sites is 1. The molecule has 0 fully saturated rings. The third kappa shape index (κ3) is 6.03. The molecule has 176 valence electrons. The molecule has 0 aliphatic carbocycles. The molecule has 3 N–H and O–H groups in total. The summed E-state index contributed by atoms with van der Waals surface area (Å²) in [6, 6.07) is 20.2. The Morgan fingerprint density at radius 1 is 0.943 bits per heavy atom. The molecule has 4 rings (SSSR count). The molecule has 0 bridgehead atoms. The molecule has 4 aromatic rings. The minimum absolute atomic E-state index is 0.0127. The van der Waals surface area contributed by atoms with Crippen LogP contribution in [0.1, 0.15) is 19.4 Å². The quantitative estimate of drug-likeness (QED) is 0.246. The minimum atomic E-state index is -0.382. The van der Waals surface area contributed by atoms with Gasteiger partial charge in [-0.1, -0.05) is 30.8 Å². The SMILES string of the molecule is C=C(C(=O)Nc1ccc(OC(C)C)nc1)c1cc(-c2cncc(Oc3ccccc3)c2)ccc1N. The summed E-state index contributed by atoms with van der Waals surface area (Å²) in [5.41, 5.74) is 9.56. The fourth-order valence-corrected chi connectivity index (χ4v) is 3.35. The molecule has 2 heterocycles. The zero-order valence-corrected chi connectivity index (χ0v) is 19.6. The van der Waals surface area contributed by atoms with Crippen LogP contribution in [-0.4, -0.2) is 22.0 Å². The molecule has 2 aromatic carbocycles. The number of hydrogen-bond donors (Lipinski definition) is 2. The highest BCUT2D eigenvalue weighted by molar-refractivity contribution is 6.25. The first-order valence-electron chi connectivity index (χ1n) is 11.1. The molecule has 0 saturated carbocycles. The van der Waals surface area contributed by atoms with Gasteiger partial charge in [0.25, 0.3) is 5.91 Å². The Morgan fingerprint density at radius 2 is 1.74 bits per heavy atom. The van der Waals surface area contributed by atoms with E-state index in [9.17, 15) is 4.79 Å². The molecule has 2 aromatic heterocycles. The van der Waals surface area contributed by atoms with E-state index in [1.54, 1.807) is 30.6 Å². The topological polar surface area (TPSA) is 99.4 Å². The molecular formula is C28H26N4O3. The van der Waals surface area contributed by atoms with Gasteiger partial charge in [-0.2, -0.15) is 0 Å². The van der Waals surface area contributed by atoms with E-state index in [1.165, 1.54) is 6.20 Å². The Bertz CT molecular complexity index is 1340. The average molecular weight is 467 g/mol. The number of nitrogen functional groups attached to an aromatic ring is 1. The van der Waals surface area contributed by atoms with Gasteiger partial charge >= 0.3 is 0 Å². The van der Waals surface area contributed by atoms with Crippen LogP contribution in [0.15, 0.2) is 91.9 Å². The minimum Gasteiger partial charge on any atom is -0.475 e. The molecule has 0 aliphatic heterocycles. The van der Waals surface area contributed by atoms with E-state index in [-0.39, 0.29) is 17.6 Å². The van der Waals surface area contributed by atoms with Crippen molar-refractivity contribution in [3.05, 3.63) is 97.5 Å². The first-order chi connectivity index (χ1) is 16.9. The van der Waals surface area contributed by atoms with Crippen LogP contribution in [0, 0.1) is 0 Å². The summed E-state index contributed by atoms with van der Waals surface area (Å²) in [6.07, 6.45) is 4.92. The summed E-state index contributed by atoms with van der Waals surface area (Å²) in [4.78, 5) is 21.4. The molecule has 0 unspecified atom stereocenters. The number of carbonyl (C=O) groups is 1. The van der Waals surface area contributed by atoms with E-state index in [1.807, 2.05) is 62.4 Å². The number of ether oxygens (including phenoxy) is 2. The Labute approximate surface area is 204 Å². The number of nitrogens with two attached hydrogens (primary N) is 1. The Hall–Kier alpha value is -4.65. The molecular weight excluding hydrogens is 440 g/mol. The number of rotatable bonds is 8. The van der Waals surface area contributed by atoms with Crippen LogP contribution in [-0.2, 0) is 4.79 Å². The molecule has 0 aliphatic rings. The van der Waals surface area contributed by atoms with Crippen molar-refractivity contribution >= 4 is 22.9 Å². The maximum atomic E-state index is 12.9. The Kier molecular flexibility index (Phi) is 7.07. The summed E-state index contributed by atoms with van der Waals surface area (Å²) in [5, 5.41) is 2.80. The van der Waals surface area contributed by atoms with E-state index >= 15 is 0 Å². The lowest BCUT2D eigenvalue weighted by Gasteiger charge is -2.13. The van der Waals surface area contributed by atoms with E-state index in [2.05, 4.69) is 21.9 Å². The highest BCUT2D eigenvalue weighted by Gasteiger charge is 2.15. The van der Waals surface area contributed by atoms with Gasteiger partial charge in [0.15, 0.2) is 0 Å². The van der Waals surface area contributed by atoms with E-state index in [4.69, 9.17) is 15.2 Å². The van der Waals surface area contributed by atoms with E-state index in [0.717, 1.165) is 11.1 Å². The molecule has 0 radical (unpaired) electrons. The standard InChI is InChI=1S/C28H26N4O3/c1-18(2)34-27-12-10-22(16-31-27)32-28(33)19(3)25-14-20(9-11-26(25)29)21-13-24(17-30-15-21)35-23-7-5-4-6-8-23/h4-18H,3,29H2,1-2H3,(H,32,33). The fourth-order valence-electron chi connectivity index (χ4n) is 3.35. The number of aromatic nitrogens is 2. The second kappa shape index (κ2) is 10.5. The lowest BCUT2D eigenvalue weighted by molar-refractivity contribution is -0.111. The average Bonchev–Trinajstić information content (AvgIpc) is 2.85.